The van der Waals surface area contributed by atoms with E-state index in [0.29, 0.717) is 10.2 Å². The smallest absolute Gasteiger partial charge is 0.159 e. The Hall–Kier alpha value is -5.58. The second-order valence-electron chi connectivity index (χ2n) is 10.8. The largest absolute Gasteiger partial charge is 0.292 e. The van der Waals surface area contributed by atoms with E-state index in [0.717, 1.165) is 26.6 Å². The number of hydrogen-bond acceptors (Lipinski definition) is 3. The van der Waals surface area contributed by atoms with Crippen molar-refractivity contribution in [1.29, 1.82) is 0 Å². The van der Waals surface area contributed by atoms with Crippen LogP contribution in [0.3, 0.4) is 0 Å². The number of thiophene rings is 1. The van der Waals surface area contributed by atoms with Crippen LogP contribution < -0.4 is 0 Å². The minimum atomic E-state index is -0.485. The fraction of sp³-hybridized carbons (Fsp3) is 0. The molecule has 0 atom stereocenters. The van der Waals surface area contributed by atoms with Gasteiger partial charge in [-0.3, -0.25) is 4.57 Å². The van der Waals surface area contributed by atoms with Crippen LogP contribution in [0.5, 0.6) is 0 Å². The fourth-order valence-corrected chi connectivity index (χ4v) is 7.74. The van der Waals surface area contributed by atoms with Crippen LogP contribution in [0.4, 0.5) is 0 Å². The van der Waals surface area contributed by atoms with E-state index in [9.17, 15) is 0 Å². The SMILES string of the molecule is [2H]c1c([2H])c([2H])c2c(c1[2H])c1c([2H])c([2H])c([2H])c([2H])c1n2-c1ncnc2c1sc1ccc(-c3ccc4c5ccccc5c5ccccc5c4c3)cc12. The number of aromatic nitrogens is 3. The van der Waals surface area contributed by atoms with E-state index < -0.39 is 24.2 Å². The highest BCUT2D eigenvalue weighted by molar-refractivity contribution is 7.26. The molecule has 10 rings (SSSR count). The Kier molecular flexibility index (Phi) is 3.57. The Morgan fingerprint density at radius 2 is 1.07 bits per heavy atom. The number of hydrogen-bond donors (Lipinski definition) is 0. The van der Waals surface area contributed by atoms with Gasteiger partial charge in [0.25, 0.3) is 0 Å². The van der Waals surface area contributed by atoms with Gasteiger partial charge in [-0.2, -0.15) is 0 Å². The van der Waals surface area contributed by atoms with Gasteiger partial charge in [-0.15, -0.1) is 11.3 Å². The molecule has 3 aromatic heterocycles. The molecule has 0 aliphatic carbocycles. The van der Waals surface area contributed by atoms with Crippen LogP contribution in [0.2, 0.25) is 0 Å². The Labute approximate surface area is 267 Å². The van der Waals surface area contributed by atoms with Crippen molar-refractivity contribution in [3.63, 3.8) is 0 Å². The Morgan fingerprint density at radius 1 is 0.523 bits per heavy atom. The highest BCUT2D eigenvalue weighted by Crippen LogP contribution is 2.41. The quantitative estimate of drug-likeness (QED) is 0.189. The lowest BCUT2D eigenvalue weighted by Crippen LogP contribution is -1.98. The molecule has 44 heavy (non-hydrogen) atoms. The van der Waals surface area contributed by atoms with Gasteiger partial charge < -0.3 is 0 Å². The zero-order valence-corrected chi connectivity index (χ0v) is 23.7. The molecule has 0 amide bonds. The average molecular weight is 586 g/mol. The third kappa shape index (κ3) is 3.26. The Balaban J connectivity index is 1.25. The second-order valence-corrected chi connectivity index (χ2v) is 11.9. The summed E-state index contributed by atoms with van der Waals surface area (Å²) >= 11 is 1.42. The van der Waals surface area contributed by atoms with E-state index in [4.69, 9.17) is 11.0 Å². The zero-order valence-electron chi connectivity index (χ0n) is 30.9. The lowest BCUT2D eigenvalue weighted by atomic mass is 9.92. The van der Waals surface area contributed by atoms with E-state index >= 15 is 0 Å². The fourth-order valence-electron chi connectivity index (χ4n) is 6.62. The van der Waals surface area contributed by atoms with Crippen LogP contribution in [0.1, 0.15) is 11.0 Å². The third-order valence-corrected chi connectivity index (χ3v) is 9.71. The van der Waals surface area contributed by atoms with Crippen molar-refractivity contribution in [2.24, 2.45) is 0 Å². The van der Waals surface area contributed by atoms with Gasteiger partial charge in [-0.25, -0.2) is 9.97 Å². The molecule has 4 heteroatoms. The summed E-state index contributed by atoms with van der Waals surface area (Å²) in [6, 6.07) is 26.3. The number of benzene rings is 7. The van der Waals surface area contributed by atoms with E-state index in [2.05, 4.69) is 88.8 Å². The van der Waals surface area contributed by atoms with E-state index in [1.807, 2.05) is 6.07 Å². The monoisotopic (exact) mass is 585 g/mol. The second kappa shape index (κ2) is 8.96. The van der Waals surface area contributed by atoms with Gasteiger partial charge in [-0.1, -0.05) is 103 Å². The third-order valence-electron chi connectivity index (χ3n) is 8.55. The molecule has 0 aliphatic heterocycles. The molecule has 0 fully saturated rings. The van der Waals surface area contributed by atoms with Gasteiger partial charge in [-0.05, 0) is 73.7 Å². The molecule has 0 saturated carbocycles. The molecule has 3 nitrogen and oxygen atoms in total. The summed E-state index contributed by atoms with van der Waals surface area (Å²) in [6.07, 6.45) is 1.39. The average Bonchev–Trinajstić information content (AvgIpc) is 3.74. The van der Waals surface area contributed by atoms with Gasteiger partial charge in [0, 0.05) is 20.9 Å². The lowest BCUT2D eigenvalue weighted by Gasteiger charge is -2.12. The predicted octanol–water partition coefficient (Wildman–Crippen LogP) is 11.1. The van der Waals surface area contributed by atoms with Crippen molar-refractivity contribution >= 4 is 85.8 Å². The van der Waals surface area contributed by atoms with Crippen molar-refractivity contribution in [3.8, 4) is 16.9 Å². The lowest BCUT2D eigenvalue weighted by molar-refractivity contribution is 1.08. The molecule has 0 aliphatic rings. The summed E-state index contributed by atoms with van der Waals surface area (Å²) in [7, 11) is 0. The van der Waals surface area contributed by atoms with Gasteiger partial charge >= 0.3 is 0 Å². The van der Waals surface area contributed by atoms with Crippen LogP contribution in [-0.4, -0.2) is 14.5 Å². The molecule has 10 aromatic rings. The molecule has 7 aromatic carbocycles. The van der Waals surface area contributed by atoms with Crippen LogP contribution in [-0.2, 0) is 0 Å². The maximum Gasteiger partial charge on any atom is 0.159 e. The number of nitrogens with zero attached hydrogens (tertiary/aromatic N) is 3. The Morgan fingerprint density at radius 3 is 1.73 bits per heavy atom. The van der Waals surface area contributed by atoms with Crippen molar-refractivity contribution in [2.75, 3.05) is 0 Å². The minimum Gasteiger partial charge on any atom is -0.292 e. The molecule has 3 heterocycles. The van der Waals surface area contributed by atoms with Gasteiger partial charge in [0.15, 0.2) is 5.82 Å². The van der Waals surface area contributed by atoms with Crippen molar-refractivity contribution < 1.29 is 11.0 Å². The summed E-state index contributed by atoms with van der Waals surface area (Å²) in [6.45, 7) is 0. The van der Waals surface area contributed by atoms with E-state index in [1.165, 1.54) is 49.2 Å². The van der Waals surface area contributed by atoms with E-state index in [-0.39, 0.29) is 51.8 Å². The van der Waals surface area contributed by atoms with Crippen molar-refractivity contribution in [2.45, 2.75) is 0 Å². The highest BCUT2D eigenvalue weighted by Gasteiger charge is 2.18. The van der Waals surface area contributed by atoms with Gasteiger partial charge in [0.05, 0.1) is 32.2 Å². The predicted molar refractivity (Wildman–Crippen MR) is 187 cm³/mol. The first-order valence-electron chi connectivity index (χ1n) is 18.2. The molecule has 0 saturated heterocycles. The topological polar surface area (TPSA) is 30.7 Å². The summed E-state index contributed by atoms with van der Waals surface area (Å²) < 4.78 is 72.1. The van der Waals surface area contributed by atoms with Crippen LogP contribution in [0, 0.1) is 0 Å². The number of fused-ring (bicyclic) bond motifs is 12. The molecule has 0 bridgehead atoms. The van der Waals surface area contributed by atoms with Gasteiger partial charge in [0.1, 0.15) is 6.33 Å². The molecule has 0 unspecified atom stereocenters. The summed E-state index contributed by atoms with van der Waals surface area (Å²) in [5.74, 6) is 0.270. The van der Waals surface area contributed by atoms with Crippen molar-refractivity contribution in [3.05, 3.63) is 140 Å². The zero-order chi connectivity index (χ0) is 35.7. The highest BCUT2D eigenvalue weighted by atomic mass is 32.1. The molecule has 204 valence electrons. The summed E-state index contributed by atoms with van der Waals surface area (Å²) in [5, 5.41) is 8.03. The number of rotatable bonds is 2. The first-order chi connectivity index (χ1) is 25.2. The molecule has 0 N–H and O–H groups in total. The van der Waals surface area contributed by atoms with Crippen molar-refractivity contribution in [1.82, 2.24) is 14.5 Å². The van der Waals surface area contributed by atoms with Gasteiger partial charge in [0.2, 0.25) is 0 Å². The number of para-hydroxylation sites is 2. The maximum atomic E-state index is 8.92. The van der Waals surface area contributed by atoms with Crippen LogP contribution in [0.15, 0.2) is 140 Å². The van der Waals surface area contributed by atoms with Crippen LogP contribution >= 0.6 is 11.3 Å². The first kappa shape index (κ1) is 17.5. The standard InChI is InChI=1S/C40H23N3S/c1-2-11-28-26(9-1)27-10-3-4-12-29(27)33-21-24(17-19-30(28)33)25-18-20-37-34(22-25)38-39(44-37)40(42-23-41-38)43-35-15-7-5-13-31(35)32-14-6-8-16-36(32)43/h1-23H/i5D,6D,7D,8D,13D,14D,15D,16D. The maximum absolute atomic E-state index is 8.92. The molecular weight excluding hydrogens is 555 g/mol. The normalized spacial score (nSPS) is 14.6. The minimum absolute atomic E-state index is 0.0137. The Bertz CT molecular complexity index is 3130. The summed E-state index contributed by atoms with van der Waals surface area (Å²) in [4.78, 5) is 9.30. The summed E-state index contributed by atoms with van der Waals surface area (Å²) in [5.41, 5.74) is 2.72. The molecule has 0 spiro atoms. The molecular formula is C40H23N3S. The van der Waals surface area contributed by atoms with Crippen LogP contribution in [0.25, 0.3) is 91.4 Å². The first-order valence-corrected chi connectivity index (χ1v) is 15.0. The van der Waals surface area contributed by atoms with E-state index in [1.54, 1.807) is 0 Å². The molecule has 0 radical (unpaired) electrons.